The molecule has 30 heavy (non-hydrogen) atoms. The van der Waals surface area contributed by atoms with Gasteiger partial charge in [0.2, 0.25) is 5.91 Å². The van der Waals surface area contributed by atoms with Gasteiger partial charge in [0.05, 0.1) is 13.7 Å². The van der Waals surface area contributed by atoms with Gasteiger partial charge >= 0.3 is 0 Å². The van der Waals surface area contributed by atoms with Crippen molar-refractivity contribution in [2.75, 3.05) is 50.6 Å². The van der Waals surface area contributed by atoms with Gasteiger partial charge in [0.1, 0.15) is 5.75 Å². The summed E-state index contributed by atoms with van der Waals surface area (Å²) < 4.78 is 5.36. The summed E-state index contributed by atoms with van der Waals surface area (Å²) in [5.74, 6) is 2.51. The third-order valence-corrected chi connectivity index (χ3v) is 5.97. The highest BCUT2D eigenvalue weighted by molar-refractivity contribution is 7.99. The predicted molar refractivity (Wildman–Crippen MR) is 123 cm³/mol. The third-order valence-electron chi connectivity index (χ3n) is 4.79. The second-order valence-electron chi connectivity index (χ2n) is 7.16. The summed E-state index contributed by atoms with van der Waals surface area (Å²) in [5, 5.41) is 3.51. The number of methoxy groups -OCH3 is 1. The highest BCUT2D eigenvalue weighted by Crippen LogP contribution is 2.23. The molecule has 2 aromatic rings. The minimum Gasteiger partial charge on any atom is -0.496 e. The molecule has 0 aromatic heterocycles. The first-order valence-corrected chi connectivity index (χ1v) is 11.3. The quantitative estimate of drug-likeness (QED) is 0.702. The fraction of sp³-hybridized carbons (Fsp3) is 0.364. The van der Waals surface area contributed by atoms with E-state index in [2.05, 4.69) is 5.32 Å². The third kappa shape index (κ3) is 6.14. The van der Waals surface area contributed by atoms with Crippen molar-refractivity contribution in [1.82, 2.24) is 9.80 Å². The van der Waals surface area contributed by atoms with Crippen LogP contribution in [0.4, 0.5) is 5.69 Å². The summed E-state index contributed by atoms with van der Waals surface area (Å²) in [6.45, 7) is 2.23. The molecule has 1 N–H and O–H groups in total. The molecule has 0 spiro atoms. The standard InChI is InChI=1S/C22H26ClN3O3S/c1-25(14-17-12-18(23)6-7-20(17)29-2)15-21(27)24-19-5-3-4-16(13-19)22(28)26-8-10-30-11-9-26/h3-7,12-13H,8-11,14-15H2,1-2H3,(H,24,27). The molecule has 6 nitrogen and oxygen atoms in total. The summed E-state index contributed by atoms with van der Waals surface area (Å²) in [6, 6.07) is 12.5. The molecule has 0 saturated carbocycles. The van der Waals surface area contributed by atoms with Crippen molar-refractivity contribution in [3.05, 3.63) is 58.6 Å². The molecule has 1 aliphatic heterocycles. The van der Waals surface area contributed by atoms with E-state index in [9.17, 15) is 9.59 Å². The Bertz CT molecular complexity index is 903. The minimum absolute atomic E-state index is 0.0107. The molecule has 8 heteroatoms. The van der Waals surface area contributed by atoms with Crippen molar-refractivity contribution in [2.45, 2.75) is 6.54 Å². The van der Waals surface area contributed by atoms with Gasteiger partial charge in [-0.1, -0.05) is 17.7 Å². The number of nitrogens with one attached hydrogen (secondary N) is 1. The maximum Gasteiger partial charge on any atom is 0.253 e. The first-order valence-electron chi connectivity index (χ1n) is 9.74. The Hall–Kier alpha value is -2.22. The number of ether oxygens (including phenoxy) is 1. The normalized spacial score (nSPS) is 13.9. The molecule has 0 radical (unpaired) electrons. The number of likely N-dealkylation sites (N-methyl/N-ethyl adjacent to an activating group) is 1. The maximum absolute atomic E-state index is 12.7. The van der Waals surface area contributed by atoms with E-state index in [1.807, 2.05) is 40.7 Å². The number of thioether (sulfide) groups is 1. The molecule has 3 rings (SSSR count). The lowest BCUT2D eigenvalue weighted by Crippen LogP contribution is -2.37. The SMILES string of the molecule is COc1ccc(Cl)cc1CN(C)CC(=O)Nc1cccc(C(=O)N2CCSCC2)c1. The smallest absolute Gasteiger partial charge is 0.253 e. The highest BCUT2D eigenvalue weighted by Gasteiger charge is 2.19. The van der Waals surface area contributed by atoms with Gasteiger partial charge in [-0.05, 0) is 43.4 Å². The lowest BCUT2D eigenvalue weighted by atomic mass is 10.1. The molecule has 1 fully saturated rings. The van der Waals surface area contributed by atoms with E-state index in [4.69, 9.17) is 16.3 Å². The van der Waals surface area contributed by atoms with Crippen LogP contribution >= 0.6 is 23.4 Å². The summed E-state index contributed by atoms with van der Waals surface area (Å²) in [6.07, 6.45) is 0. The highest BCUT2D eigenvalue weighted by atomic mass is 35.5. The zero-order valence-corrected chi connectivity index (χ0v) is 18.8. The molecule has 0 unspecified atom stereocenters. The van der Waals surface area contributed by atoms with Crippen molar-refractivity contribution in [2.24, 2.45) is 0 Å². The van der Waals surface area contributed by atoms with Gasteiger partial charge in [-0.3, -0.25) is 14.5 Å². The Kier molecular flexibility index (Phi) is 8.01. The fourth-order valence-electron chi connectivity index (χ4n) is 3.34. The van der Waals surface area contributed by atoms with Gasteiger partial charge in [0.15, 0.2) is 0 Å². The number of carbonyl (C=O) groups excluding carboxylic acids is 2. The Balaban J connectivity index is 1.58. The summed E-state index contributed by atoms with van der Waals surface area (Å²) in [4.78, 5) is 28.9. The molecule has 1 aliphatic rings. The van der Waals surface area contributed by atoms with Crippen LogP contribution in [0, 0.1) is 0 Å². The van der Waals surface area contributed by atoms with E-state index >= 15 is 0 Å². The monoisotopic (exact) mass is 447 g/mol. The number of benzene rings is 2. The largest absolute Gasteiger partial charge is 0.496 e. The number of hydrogen-bond donors (Lipinski definition) is 1. The fourth-order valence-corrected chi connectivity index (χ4v) is 4.44. The van der Waals surface area contributed by atoms with Crippen LogP contribution < -0.4 is 10.1 Å². The molecule has 1 heterocycles. The van der Waals surface area contributed by atoms with E-state index in [1.165, 1.54) is 0 Å². The van der Waals surface area contributed by atoms with Crippen LogP contribution in [0.2, 0.25) is 5.02 Å². The Morgan fingerprint density at radius 3 is 2.70 bits per heavy atom. The van der Waals surface area contributed by atoms with Gasteiger partial charge in [-0.15, -0.1) is 0 Å². The molecule has 0 aliphatic carbocycles. The minimum atomic E-state index is -0.155. The van der Waals surface area contributed by atoms with Gasteiger partial charge in [0, 0.05) is 53.0 Å². The van der Waals surface area contributed by atoms with Gasteiger partial charge in [0.25, 0.3) is 5.91 Å². The lowest BCUT2D eigenvalue weighted by Gasteiger charge is -2.26. The van der Waals surface area contributed by atoms with Crippen LogP contribution in [0.5, 0.6) is 5.75 Å². The summed E-state index contributed by atoms with van der Waals surface area (Å²) >= 11 is 7.94. The summed E-state index contributed by atoms with van der Waals surface area (Å²) in [7, 11) is 3.46. The predicted octanol–water partition coefficient (Wildman–Crippen LogP) is 3.61. The Labute approximate surface area is 186 Å². The van der Waals surface area contributed by atoms with Crippen LogP contribution in [-0.2, 0) is 11.3 Å². The number of carbonyl (C=O) groups is 2. The number of hydrogen-bond acceptors (Lipinski definition) is 5. The van der Waals surface area contributed by atoms with Crippen molar-refractivity contribution in [3.8, 4) is 5.75 Å². The molecular formula is C22H26ClN3O3S. The second kappa shape index (κ2) is 10.7. The molecule has 0 atom stereocenters. The van der Waals surface area contributed by atoms with Crippen molar-refractivity contribution in [3.63, 3.8) is 0 Å². The number of nitrogens with zero attached hydrogens (tertiary/aromatic N) is 2. The molecule has 1 saturated heterocycles. The molecule has 2 aromatic carbocycles. The summed E-state index contributed by atoms with van der Waals surface area (Å²) in [5.41, 5.74) is 2.12. The van der Waals surface area contributed by atoms with Crippen LogP contribution in [0.15, 0.2) is 42.5 Å². The van der Waals surface area contributed by atoms with E-state index in [0.29, 0.717) is 22.8 Å². The number of rotatable bonds is 7. The lowest BCUT2D eigenvalue weighted by molar-refractivity contribution is -0.117. The van der Waals surface area contributed by atoms with Crippen molar-refractivity contribution < 1.29 is 14.3 Å². The first-order chi connectivity index (χ1) is 14.5. The molecular weight excluding hydrogens is 422 g/mol. The second-order valence-corrected chi connectivity index (χ2v) is 8.82. The van der Waals surface area contributed by atoms with Gasteiger partial charge in [-0.2, -0.15) is 11.8 Å². The van der Waals surface area contributed by atoms with E-state index in [-0.39, 0.29) is 18.4 Å². The van der Waals surface area contributed by atoms with Gasteiger partial charge in [-0.25, -0.2) is 0 Å². The zero-order chi connectivity index (χ0) is 21.5. The van der Waals surface area contributed by atoms with Crippen LogP contribution in [0.1, 0.15) is 15.9 Å². The topological polar surface area (TPSA) is 61.9 Å². The molecule has 2 amide bonds. The average Bonchev–Trinajstić information content (AvgIpc) is 2.74. The van der Waals surface area contributed by atoms with Gasteiger partial charge < -0.3 is 15.0 Å². The number of amides is 2. The maximum atomic E-state index is 12.7. The Morgan fingerprint density at radius 2 is 1.97 bits per heavy atom. The van der Waals surface area contributed by atoms with E-state index in [0.717, 1.165) is 35.9 Å². The molecule has 0 bridgehead atoms. The zero-order valence-electron chi connectivity index (χ0n) is 17.2. The number of halogens is 1. The van der Waals surface area contributed by atoms with Crippen LogP contribution in [0.25, 0.3) is 0 Å². The Morgan fingerprint density at radius 1 is 1.20 bits per heavy atom. The average molecular weight is 448 g/mol. The van der Waals surface area contributed by atoms with Crippen LogP contribution in [-0.4, -0.2) is 66.9 Å². The number of anilines is 1. The molecule has 160 valence electrons. The van der Waals surface area contributed by atoms with E-state index in [1.54, 1.807) is 37.4 Å². The van der Waals surface area contributed by atoms with Crippen molar-refractivity contribution in [1.29, 1.82) is 0 Å². The van der Waals surface area contributed by atoms with Crippen molar-refractivity contribution >= 4 is 40.9 Å². The first kappa shape index (κ1) is 22.5. The van der Waals surface area contributed by atoms with Crippen LogP contribution in [0.3, 0.4) is 0 Å². The van der Waals surface area contributed by atoms with E-state index < -0.39 is 0 Å².